The summed E-state index contributed by atoms with van der Waals surface area (Å²) >= 11 is 0. The van der Waals surface area contributed by atoms with Crippen molar-refractivity contribution in [2.75, 3.05) is 39.6 Å². The third-order valence-corrected chi connectivity index (χ3v) is 14.1. The van der Waals surface area contributed by atoms with E-state index in [0.717, 1.165) is 77.0 Å². The van der Waals surface area contributed by atoms with Gasteiger partial charge in [-0.05, 0) is 68.6 Å². The molecule has 11 unspecified atom stereocenters. The van der Waals surface area contributed by atoms with Gasteiger partial charge in [0.05, 0.1) is 82.2 Å². The van der Waals surface area contributed by atoms with Crippen LogP contribution in [-0.2, 0) is 9.59 Å². The van der Waals surface area contributed by atoms with Crippen LogP contribution in [0.2, 0.25) is 0 Å². The van der Waals surface area contributed by atoms with Crippen molar-refractivity contribution in [3.63, 3.8) is 0 Å². The minimum absolute atomic E-state index is 0.0657. The second kappa shape index (κ2) is 49.7. The number of rotatable bonds is 51. The maximum Gasteiger partial charge on any atom is 0.306 e. The monoisotopic (exact) mass is 1010 g/mol. The first-order valence-electron chi connectivity index (χ1n) is 27.8. The highest BCUT2D eigenvalue weighted by Gasteiger charge is 2.43. The van der Waals surface area contributed by atoms with Crippen LogP contribution in [0.3, 0.4) is 0 Å². The molecular weight excluding hydrogens is 905 g/mol. The molecule has 11 atom stereocenters. The number of hydrogen-bond donors (Lipinski definition) is 14. The van der Waals surface area contributed by atoms with Crippen molar-refractivity contribution in [1.82, 2.24) is 0 Å². The van der Waals surface area contributed by atoms with Crippen LogP contribution in [0, 0.1) is 29.6 Å². The predicted molar refractivity (Wildman–Crippen MR) is 274 cm³/mol. The van der Waals surface area contributed by atoms with Gasteiger partial charge in [-0.2, -0.15) is 0 Å². The van der Waals surface area contributed by atoms with Crippen LogP contribution in [0.15, 0.2) is 0 Å². The van der Waals surface area contributed by atoms with Crippen molar-refractivity contribution in [3.8, 4) is 0 Å². The van der Waals surface area contributed by atoms with Crippen molar-refractivity contribution in [3.05, 3.63) is 0 Å². The molecule has 0 aromatic carbocycles. The van der Waals surface area contributed by atoms with E-state index in [0.29, 0.717) is 25.7 Å². The van der Waals surface area contributed by atoms with E-state index in [9.17, 15) is 70.9 Å². The Hall–Kier alpha value is -1.54. The van der Waals surface area contributed by atoms with Gasteiger partial charge in [-0.1, -0.05) is 174 Å². The molecule has 0 aliphatic rings. The fourth-order valence-corrected chi connectivity index (χ4v) is 10.1. The topological polar surface area (TPSA) is 317 Å². The number of aliphatic hydroxyl groups excluding tert-OH is 12. The summed E-state index contributed by atoms with van der Waals surface area (Å²) in [7, 11) is 0. The molecule has 0 fully saturated rings. The Bertz CT molecular complexity index is 1140. The summed E-state index contributed by atoms with van der Waals surface area (Å²) < 4.78 is 0. The molecule has 14 N–H and O–H groups in total. The van der Waals surface area contributed by atoms with Crippen LogP contribution in [0.4, 0.5) is 0 Å². The van der Waals surface area contributed by atoms with Gasteiger partial charge >= 0.3 is 11.9 Å². The average molecular weight is 1010 g/mol. The lowest BCUT2D eigenvalue weighted by Gasteiger charge is -2.43. The summed E-state index contributed by atoms with van der Waals surface area (Å²) in [5.74, 6) is -6.39. The van der Waals surface area contributed by atoms with E-state index < -0.39 is 118 Å². The van der Waals surface area contributed by atoms with E-state index in [4.69, 9.17) is 10.2 Å². The number of carboxylic acid groups (broad SMARTS) is 2. The molecule has 16 heteroatoms. The second-order valence-corrected chi connectivity index (χ2v) is 20.5. The Morgan fingerprint density at radius 2 is 0.629 bits per heavy atom. The van der Waals surface area contributed by atoms with E-state index in [1.165, 1.54) is 83.5 Å². The highest BCUT2D eigenvalue weighted by molar-refractivity contribution is 5.70. The SMILES string of the molecule is CCCCCCCCCCCCCCCCCC(=O)O.O=C(O)C(CC(O)CO)C(CC(O)CO)C(CC(O)CO)C(CC(O)CO)C(CCCCCCCCCCCCCC(O)CO)CC(O)CO. The Kier molecular flexibility index (Phi) is 50.0. The molecule has 0 aromatic rings. The van der Waals surface area contributed by atoms with E-state index in [1.807, 2.05) is 0 Å². The average Bonchev–Trinajstić information content (AvgIpc) is 3.35. The van der Waals surface area contributed by atoms with Gasteiger partial charge in [-0.15, -0.1) is 0 Å². The highest BCUT2D eigenvalue weighted by Crippen LogP contribution is 2.44. The number of aliphatic hydroxyl groups is 12. The lowest BCUT2D eigenvalue weighted by atomic mass is 9.63. The summed E-state index contributed by atoms with van der Waals surface area (Å²) in [5, 5.41) is 138. The van der Waals surface area contributed by atoms with E-state index in [1.54, 1.807) is 0 Å². The molecule has 0 saturated carbocycles. The number of carboxylic acids is 2. The maximum atomic E-state index is 12.6. The van der Waals surface area contributed by atoms with Gasteiger partial charge in [0.25, 0.3) is 0 Å². The van der Waals surface area contributed by atoms with Crippen molar-refractivity contribution in [1.29, 1.82) is 0 Å². The van der Waals surface area contributed by atoms with Crippen molar-refractivity contribution < 1.29 is 81.1 Å². The first-order valence-corrected chi connectivity index (χ1v) is 27.8. The third-order valence-electron chi connectivity index (χ3n) is 14.1. The minimum atomic E-state index is -1.42. The predicted octanol–water partition coefficient (Wildman–Crippen LogP) is 6.63. The summed E-state index contributed by atoms with van der Waals surface area (Å²) in [6.45, 7) is -1.19. The molecule has 0 spiro atoms. The molecular formula is C54H108O16. The normalized spacial score (nSPS) is 16.5. The summed E-state index contributed by atoms with van der Waals surface area (Å²) in [6, 6.07) is 0. The molecule has 0 amide bonds. The zero-order valence-electron chi connectivity index (χ0n) is 43.7. The van der Waals surface area contributed by atoms with Gasteiger partial charge in [-0.25, -0.2) is 0 Å². The molecule has 0 saturated heterocycles. The summed E-state index contributed by atoms with van der Waals surface area (Å²) in [6.07, 6.45) is 24.3. The van der Waals surface area contributed by atoms with Gasteiger partial charge in [-0.3, -0.25) is 9.59 Å². The standard InChI is InChI=1S/C36H72O14.C18H36O2/c37-19-26(43)13-11-9-7-5-3-1-2-4-6-8-10-12-25(14-27(44)20-38)32(15-28(45)21-39)33(16-29(46)22-40)34(17-30(47)23-41)35(36(49)50)18-31(48)24-42;1-2-3-4-5-6-7-8-9-10-11-12-13-14-15-16-17-18(19)20/h25-35,37-48H,1-24H2,(H,49,50);2-17H2,1H3,(H,19,20). The van der Waals surface area contributed by atoms with Crippen molar-refractivity contribution >= 4 is 11.9 Å². The Morgan fingerprint density at radius 1 is 0.329 bits per heavy atom. The lowest BCUT2D eigenvalue weighted by Crippen LogP contribution is -2.43. The molecule has 16 nitrogen and oxygen atoms in total. The lowest BCUT2D eigenvalue weighted by molar-refractivity contribution is -0.149. The fourth-order valence-electron chi connectivity index (χ4n) is 10.1. The van der Waals surface area contributed by atoms with Gasteiger partial charge in [0.2, 0.25) is 0 Å². The van der Waals surface area contributed by atoms with Gasteiger partial charge in [0.15, 0.2) is 0 Å². The van der Waals surface area contributed by atoms with Gasteiger partial charge in [0, 0.05) is 6.42 Å². The maximum absolute atomic E-state index is 12.6. The molecule has 0 aliphatic carbocycles. The number of aliphatic carboxylic acids is 2. The Morgan fingerprint density at radius 3 is 0.986 bits per heavy atom. The second-order valence-electron chi connectivity index (χ2n) is 20.5. The summed E-state index contributed by atoms with van der Waals surface area (Å²) in [5.41, 5.74) is 0. The molecule has 0 heterocycles. The van der Waals surface area contributed by atoms with Crippen LogP contribution < -0.4 is 0 Å². The molecule has 0 rings (SSSR count). The Labute approximate surface area is 423 Å². The first kappa shape index (κ1) is 70.5. The quantitative estimate of drug-likeness (QED) is 0.0285. The smallest absolute Gasteiger partial charge is 0.306 e. The molecule has 0 radical (unpaired) electrons. The number of carbonyl (C=O) groups is 2. The molecule has 0 aliphatic heterocycles. The first-order chi connectivity index (χ1) is 33.6. The van der Waals surface area contributed by atoms with Gasteiger partial charge < -0.3 is 71.5 Å². The molecule has 420 valence electrons. The largest absolute Gasteiger partial charge is 0.481 e. The fraction of sp³-hybridized carbons (Fsp3) is 0.963. The van der Waals surface area contributed by atoms with Crippen LogP contribution in [0.1, 0.15) is 225 Å². The zero-order chi connectivity index (χ0) is 52.8. The van der Waals surface area contributed by atoms with E-state index >= 15 is 0 Å². The number of unbranched alkanes of at least 4 members (excludes halogenated alkanes) is 24. The molecule has 0 bridgehead atoms. The minimum Gasteiger partial charge on any atom is -0.481 e. The zero-order valence-corrected chi connectivity index (χ0v) is 43.7. The van der Waals surface area contributed by atoms with Gasteiger partial charge in [0.1, 0.15) is 0 Å². The Balaban J connectivity index is 0. The van der Waals surface area contributed by atoms with E-state index in [2.05, 4.69) is 6.92 Å². The third kappa shape index (κ3) is 40.9. The molecule has 0 aromatic heterocycles. The van der Waals surface area contributed by atoms with Crippen LogP contribution in [-0.4, -0.2) is 160 Å². The van der Waals surface area contributed by atoms with Crippen LogP contribution >= 0.6 is 0 Å². The van der Waals surface area contributed by atoms with Crippen LogP contribution in [0.25, 0.3) is 0 Å². The molecule has 70 heavy (non-hydrogen) atoms. The van der Waals surface area contributed by atoms with E-state index in [-0.39, 0.29) is 32.3 Å². The number of hydrogen-bond acceptors (Lipinski definition) is 14. The summed E-state index contributed by atoms with van der Waals surface area (Å²) in [4.78, 5) is 23.0. The highest BCUT2D eigenvalue weighted by atomic mass is 16.4. The van der Waals surface area contributed by atoms with Crippen molar-refractivity contribution in [2.24, 2.45) is 29.6 Å². The van der Waals surface area contributed by atoms with Crippen LogP contribution in [0.5, 0.6) is 0 Å². The van der Waals surface area contributed by atoms with Crippen molar-refractivity contribution in [2.45, 2.75) is 262 Å².